The van der Waals surface area contributed by atoms with Gasteiger partial charge < -0.3 is 9.47 Å². The number of rotatable bonds is 4. The molecule has 0 aromatic rings. The molecule has 3 unspecified atom stereocenters. The second kappa shape index (κ2) is 4.96. The fraction of sp³-hybridized carbons (Fsp3) is 0.667. The Morgan fingerprint density at radius 3 is 2.59 bits per heavy atom. The third-order valence-corrected chi connectivity index (χ3v) is 2.98. The Morgan fingerprint density at radius 1 is 1.59 bits per heavy atom. The summed E-state index contributed by atoms with van der Waals surface area (Å²) >= 11 is 0. The van der Waals surface area contributed by atoms with E-state index in [1.54, 1.807) is 6.92 Å². The summed E-state index contributed by atoms with van der Waals surface area (Å²) in [5.41, 5.74) is 0. The number of halogens is 1. The Balaban J connectivity index is 3.05. The second-order valence-corrected chi connectivity index (χ2v) is 4.28. The minimum Gasteiger partial charge on any atom is -0.448 e. The summed E-state index contributed by atoms with van der Waals surface area (Å²) in [7, 11) is 1.50. The van der Waals surface area contributed by atoms with Crippen LogP contribution in [-0.2, 0) is 19.1 Å². The molecule has 0 spiro atoms. The van der Waals surface area contributed by atoms with Gasteiger partial charge in [0.05, 0.1) is 6.10 Å². The highest BCUT2D eigenvalue weighted by molar-refractivity contribution is 5.93. The van der Waals surface area contributed by atoms with E-state index < -0.39 is 17.4 Å². The summed E-state index contributed by atoms with van der Waals surface area (Å²) in [6.07, 6.45) is 1.11. The van der Waals surface area contributed by atoms with Crippen molar-refractivity contribution in [3.05, 3.63) is 11.8 Å². The zero-order chi connectivity index (χ0) is 13.2. The lowest BCUT2D eigenvalue weighted by atomic mass is 9.90. The smallest absolute Gasteiger partial charge is 0.307 e. The van der Waals surface area contributed by atoms with Crippen molar-refractivity contribution in [2.75, 3.05) is 7.11 Å². The Bertz CT molecular complexity index is 364. The lowest BCUT2D eigenvalue weighted by molar-refractivity contribution is -0.173. The lowest BCUT2D eigenvalue weighted by Crippen LogP contribution is -2.43. The highest BCUT2D eigenvalue weighted by Crippen LogP contribution is 2.35. The molecule has 0 aromatic carbocycles. The Labute approximate surface area is 99.8 Å². The molecule has 0 fully saturated rings. The number of carbonyl (C=O) groups excluding carboxylic acids is 2. The van der Waals surface area contributed by atoms with Crippen molar-refractivity contribution in [1.29, 1.82) is 0 Å². The van der Waals surface area contributed by atoms with E-state index in [1.165, 1.54) is 20.1 Å². The normalized spacial score (nSPS) is 30.2. The average molecular weight is 244 g/mol. The largest absolute Gasteiger partial charge is 0.448 e. The number of methoxy groups -OCH3 is 1. The van der Waals surface area contributed by atoms with E-state index in [0.717, 1.165) is 6.92 Å². The van der Waals surface area contributed by atoms with Crippen molar-refractivity contribution in [3.8, 4) is 0 Å². The van der Waals surface area contributed by atoms with Crippen LogP contribution in [0.2, 0.25) is 0 Å². The molecule has 1 aliphatic rings. The van der Waals surface area contributed by atoms with Crippen molar-refractivity contribution in [2.24, 2.45) is 5.92 Å². The Hall–Kier alpha value is -1.23. The minimum absolute atomic E-state index is 0.108. The number of alkyl halides is 1. The SMILES string of the molecule is COC(C)C1C=C(C(C)=O)OC(F)(C(C)=O)C1. The van der Waals surface area contributed by atoms with Gasteiger partial charge >= 0.3 is 5.85 Å². The van der Waals surface area contributed by atoms with Gasteiger partial charge in [0.2, 0.25) is 5.78 Å². The first-order valence-electron chi connectivity index (χ1n) is 5.44. The van der Waals surface area contributed by atoms with Gasteiger partial charge in [-0.05, 0) is 13.0 Å². The van der Waals surface area contributed by atoms with E-state index in [0.29, 0.717) is 0 Å². The third kappa shape index (κ3) is 2.91. The van der Waals surface area contributed by atoms with E-state index in [4.69, 9.17) is 9.47 Å². The predicted molar refractivity (Wildman–Crippen MR) is 58.9 cm³/mol. The molecule has 0 radical (unpaired) electrons. The summed E-state index contributed by atoms with van der Waals surface area (Å²) in [6.45, 7) is 4.13. The monoisotopic (exact) mass is 244 g/mol. The number of Topliss-reactive ketones (excluding diaryl/α,β-unsaturated/α-hetero) is 2. The van der Waals surface area contributed by atoms with Crippen molar-refractivity contribution in [2.45, 2.75) is 39.2 Å². The Kier molecular flexibility index (Phi) is 4.03. The van der Waals surface area contributed by atoms with E-state index in [9.17, 15) is 14.0 Å². The molecular weight excluding hydrogens is 227 g/mol. The highest BCUT2D eigenvalue weighted by Gasteiger charge is 2.45. The summed E-state index contributed by atoms with van der Waals surface area (Å²) in [6, 6.07) is 0. The van der Waals surface area contributed by atoms with Gasteiger partial charge in [0, 0.05) is 33.3 Å². The first kappa shape index (κ1) is 13.8. The number of allylic oxidation sites excluding steroid dienone is 1. The van der Waals surface area contributed by atoms with Gasteiger partial charge in [0.25, 0.3) is 0 Å². The molecule has 0 amide bonds. The number of ether oxygens (including phenoxy) is 2. The zero-order valence-corrected chi connectivity index (χ0v) is 10.5. The third-order valence-electron chi connectivity index (χ3n) is 2.98. The predicted octanol–water partition coefficient (Wildman–Crippen LogP) is 1.79. The molecule has 0 aromatic heterocycles. The molecule has 1 rings (SSSR count). The first-order valence-corrected chi connectivity index (χ1v) is 5.44. The zero-order valence-electron chi connectivity index (χ0n) is 10.5. The van der Waals surface area contributed by atoms with Gasteiger partial charge in [-0.25, -0.2) is 0 Å². The van der Waals surface area contributed by atoms with Crippen LogP contribution in [-0.4, -0.2) is 30.6 Å². The van der Waals surface area contributed by atoms with E-state index in [2.05, 4.69) is 0 Å². The molecule has 1 aliphatic heterocycles. The number of ketones is 2. The van der Waals surface area contributed by atoms with E-state index >= 15 is 0 Å². The van der Waals surface area contributed by atoms with Crippen LogP contribution >= 0.6 is 0 Å². The summed E-state index contributed by atoms with van der Waals surface area (Å²) < 4.78 is 24.2. The van der Waals surface area contributed by atoms with Crippen LogP contribution in [0.4, 0.5) is 4.39 Å². The van der Waals surface area contributed by atoms with Crippen LogP contribution in [0.25, 0.3) is 0 Å². The maximum absolute atomic E-state index is 14.2. The van der Waals surface area contributed by atoms with Gasteiger partial charge in [0.1, 0.15) is 0 Å². The molecule has 0 bridgehead atoms. The molecule has 4 nitrogen and oxygen atoms in total. The van der Waals surface area contributed by atoms with Crippen molar-refractivity contribution in [3.63, 3.8) is 0 Å². The minimum atomic E-state index is -2.42. The standard InChI is InChI=1S/C12H17FO4/c1-7(14)11-5-10(8(2)16-4)6-12(13,17-11)9(3)15/h5,8,10H,6H2,1-4H3. The molecule has 3 atom stereocenters. The summed E-state index contributed by atoms with van der Waals surface area (Å²) in [5, 5.41) is 0. The molecule has 17 heavy (non-hydrogen) atoms. The molecule has 1 heterocycles. The Morgan fingerprint density at radius 2 is 2.18 bits per heavy atom. The van der Waals surface area contributed by atoms with Crippen molar-refractivity contribution < 1.29 is 23.5 Å². The molecule has 5 heteroatoms. The van der Waals surface area contributed by atoms with Gasteiger partial charge in [-0.15, -0.1) is 0 Å². The number of hydrogen-bond acceptors (Lipinski definition) is 4. The highest BCUT2D eigenvalue weighted by atomic mass is 19.2. The molecule has 0 N–H and O–H groups in total. The fourth-order valence-electron chi connectivity index (χ4n) is 1.69. The van der Waals surface area contributed by atoms with Crippen LogP contribution in [0, 0.1) is 5.92 Å². The fourth-order valence-corrected chi connectivity index (χ4v) is 1.69. The van der Waals surface area contributed by atoms with Crippen LogP contribution in [0.5, 0.6) is 0 Å². The van der Waals surface area contributed by atoms with Crippen LogP contribution in [0.1, 0.15) is 27.2 Å². The summed E-state index contributed by atoms with van der Waals surface area (Å²) in [4.78, 5) is 22.5. The number of hydrogen-bond donors (Lipinski definition) is 0. The second-order valence-electron chi connectivity index (χ2n) is 4.28. The quantitative estimate of drug-likeness (QED) is 0.756. The van der Waals surface area contributed by atoms with Crippen molar-refractivity contribution in [1.82, 2.24) is 0 Å². The van der Waals surface area contributed by atoms with Gasteiger partial charge in [0.15, 0.2) is 11.5 Å². The van der Waals surface area contributed by atoms with E-state index in [-0.39, 0.29) is 24.2 Å². The molecule has 0 saturated heterocycles. The molecule has 96 valence electrons. The van der Waals surface area contributed by atoms with Crippen LogP contribution in [0.15, 0.2) is 11.8 Å². The van der Waals surface area contributed by atoms with Gasteiger partial charge in [-0.1, -0.05) is 0 Å². The molecule has 0 saturated carbocycles. The van der Waals surface area contributed by atoms with Crippen LogP contribution < -0.4 is 0 Å². The average Bonchev–Trinajstić information content (AvgIpc) is 2.26. The van der Waals surface area contributed by atoms with Gasteiger partial charge in [-0.3, -0.25) is 9.59 Å². The maximum Gasteiger partial charge on any atom is 0.307 e. The van der Waals surface area contributed by atoms with Crippen LogP contribution in [0.3, 0.4) is 0 Å². The number of carbonyl (C=O) groups is 2. The lowest BCUT2D eigenvalue weighted by Gasteiger charge is -2.34. The molecular formula is C12H17FO4. The molecule has 0 aliphatic carbocycles. The first-order chi connectivity index (χ1) is 7.80. The van der Waals surface area contributed by atoms with E-state index in [1.807, 2.05) is 0 Å². The topological polar surface area (TPSA) is 52.6 Å². The summed E-state index contributed by atoms with van der Waals surface area (Å²) in [5.74, 6) is -4.03. The van der Waals surface area contributed by atoms with Gasteiger partial charge in [-0.2, -0.15) is 4.39 Å². The maximum atomic E-state index is 14.2. The van der Waals surface area contributed by atoms with Crippen molar-refractivity contribution >= 4 is 11.6 Å².